The van der Waals surface area contributed by atoms with Crippen molar-refractivity contribution in [1.29, 1.82) is 0 Å². The molecule has 2 heterocycles. The largest absolute Gasteiger partial charge is 0.387 e. The van der Waals surface area contributed by atoms with E-state index in [2.05, 4.69) is 0 Å². The molecule has 6 unspecified atom stereocenters. The average molecular weight is 353 g/mol. The Morgan fingerprint density at radius 3 is 2.60 bits per heavy atom. The van der Waals surface area contributed by atoms with Crippen LogP contribution in [0, 0.1) is 0 Å². The van der Waals surface area contributed by atoms with Gasteiger partial charge in [-0.25, -0.2) is 0 Å². The molecular formula is C17H25N2O6+. The van der Waals surface area contributed by atoms with Gasteiger partial charge in [0.05, 0.1) is 6.04 Å². The number of nitrogens with zero attached hydrogens (tertiary/aromatic N) is 2. The zero-order chi connectivity index (χ0) is 18.6. The third kappa shape index (κ3) is 4.04. The molecular weight excluding hydrogens is 328 g/mol. The Kier molecular flexibility index (Phi) is 6.60. The maximum absolute atomic E-state index is 11.1. The number of carbonyl (C=O) groups is 2. The van der Waals surface area contributed by atoms with Crippen LogP contribution < -0.4 is 4.57 Å². The summed E-state index contributed by atoms with van der Waals surface area (Å²) in [6, 6.07) is 3.45. The van der Waals surface area contributed by atoms with Gasteiger partial charge in [-0.3, -0.25) is 4.79 Å². The first-order chi connectivity index (χ1) is 11.9. The van der Waals surface area contributed by atoms with E-state index in [1.54, 1.807) is 30.4 Å². The van der Waals surface area contributed by atoms with E-state index < -0.39 is 30.6 Å². The summed E-state index contributed by atoms with van der Waals surface area (Å²) in [6.45, 7) is 2.02. The van der Waals surface area contributed by atoms with Crippen LogP contribution in [0.2, 0.25) is 0 Å². The Morgan fingerprint density at radius 1 is 1.28 bits per heavy atom. The summed E-state index contributed by atoms with van der Waals surface area (Å²) in [5.74, 6) is 0. The summed E-state index contributed by atoms with van der Waals surface area (Å²) in [6.07, 6.45) is -0.529. The first-order valence-electron chi connectivity index (χ1n) is 8.27. The molecule has 1 saturated heterocycles. The summed E-state index contributed by atoms with van der Waals surface area (Å²) in [4.78, 5) is 23.8. The highest BCUT2D eigenvalue weighted by Crippen LogP contribution is 2.26. The quantitative estimate of drug-likeness (QED) is 0.432. The smallest absolute Gasteiger partial charge is 0.292 e. The van der Waals surface area contributed by atoms with Crippen molar-refractivity contribution in [3.63, 3.8) is 0 Å². The van der Waals surface area contributed by atoms with Crippen LogP contribution in [0.25, 0.3) is 0 Å². The molecule has 1 aromatic rings. The topological polar surface area (TPSA) is 111 Å². The molecule has 1 aliphatic heterocycles. The molecule has 0 spiro atoms. The zero-order valence-corrected chi connectivity index (χ0v) is 14.3. The molecule has 0 bridgehead atoms. The molecule has 6 atom stereocenters. The SMILES string of the molecule is CCCC(c1ccc[n+](C2OC(C=O)C(O)C(O)C2O)c1)N(C)C=O. The lowest BCUT2D eigenvalue weighted by molar-refractivity contribution is -0.777. The highest BCUT2D eigenvalue weighted by molar-refractivity contribution is 5.57. The fourth-order valence-electron chi connectivity index (χ4n) is 3.07. The van der Waals surface area contributed by atoms with Crippen molar-refractivity contribution in [2.24, 2.45) is 0 Å². The van der Waals surface area contributed by atoms with E-state index in [4.69, 9.17) is 4.74 Å². The maximum Gasteiger partial charge on any atom is 0.292 e. The Labute approximate surface area is 146 Å². The number of carbonyl (C=O) groups excluding carboxylic acids is 2. The number of hydrogen-bond donors (Lipinski definition) is 3. The molecule has 8 nitrogen and oxygen atoms in total. The fourth-order valence-corrected chi connectivity index (χ4v) is 3.07. The number of rotatable bonds is 7. The van der Waals surface area contributed by atoms with Gasteiger partial charge in [-0.2, -0.15) is 4.57 Å². The molecule has 0 saturated carbocycles. The van der Waals surface area contributed by atoms with E-state index in [1.807, 2.05) is 13.0 Å². The number of aromatic nitrogens is 1. The van der Waals surface area contributed by atoms with Gasteiger partial charge >= 0.3 is 0 Å². The van der Waals surface area contributed by atoms with Gasteiger partial charge in [0, 0.05) is 18.7 Å². The lowest BCUT2D eigenvalue weighted by Crippen LogP contribution is -2.62. The van der Waals surface area contributed by atoms with Gasteiger partial charge in [-0.05, 0) is 12.5 Å². The van der Waals surface area contributed by atoms with Crippen molar-refractivity contribution in [3.8, 4) is 0 Å². The van der Waals surface area contributed by atoms with E-state index in [1.165, 1.54) is 4.57 Å². The Morgan fingerprint density at radius 2 is 2.00 bits per heavy atom. The maximum atomic E-state index is 11.1. The standard InChI is InChI=1S/C17H25N2O6/c1-3-5-12(18(2)10-21)11-6-4-7-19(8-11)17-16(24)15(23)14(22)13(9-20)25-17/h4,6-10,12-17,22-24H,3,5H2,1-2H3/q+1. The minimum atomic E-state index is -1.51. The van der Waals surface area contributed by atoms with Crippen LogP contribution in [0.15, 0.2) is 24.5 Å². The summed E-state index contributed by atoms with van der Waals surface area (Å²) in [5.41, 5.74) is 0.831. The summed E-state index contributed by atoms with van der Waals surface area (Å²) < 4.78 is 6.98. The van der Waals surface area contributed by atoms with Gasteiger partial charge < -0.3 is 29.8 Å². The molecule has 1 aromatic heterocycles. The third-order valence-corrected chi connectivity index (χ3v) is 4.50. The lowest BCUT2D eigenvalue weighted by Gasteiger charge is -2.35. The van der Waals surface area contributed by atoms with E-state index >= 15 is 0 Å². The van der Waals surface area contributed by atoms with Crippen LogP contribution in [0.1, 0.15) is 37.6 Å². The Bertz CT molecular complexity index is 598. The van der Waals surface area contributed by atoms with E-state index in [-0.39, 0.29) is 6.04 Å². The van der Waals surface area contributed by atoms with E-state index in [9.17, 15) is 24.9 Å². The number of amides is 1. The van der Waals surface area contributed by atoms with Crippen LogP contribution in [0.4, 0.5) is 0 Å². The number of aldehydes is 1. The summed E-state index contributed by atoms with van der Waals surface area (Å²) in [5, 5.41) is 30.0. The monoisotopic (exact) mass is 353 g/mol. The molecule has 1 amide bonds. The van der Waals surface area contributed by atoms with Crippen molar-refractivity contribution < 1.29 is 34.2 Å². The molecule has 1 aliphatic rings. The van der Waals surface area contributed by atoms with Crippen molar-refractivity contribution >= 4 is 12.7 Å². The number of pyridine rings is 1. The molecule has 2 rings (SSSR count). The van der Waals surface area contributed by atoms with Crippen molar-refractivity contribution in [2.45, 2.75) is 56.5 Å². The summed E-state index contributed by atoms with van der Waals surface area (Å²) >= 11 is 0. The first-order valence-corrected chi connectivity index (χ1v) is 8.27. The molecule has 0 aliphatic carbocycles. The van der Waals surface area contributed by atoms with Crippen molar-refractivity contribution in [3.05, 3.63) is 30.1 Å². The molecule has 0 radical (unpaired) electrons. The van der Waals surface area contributed by atoms with E-state index in [0.29, 0.717) is 6.29 Å². The van der Waals surface area contributed by atoms with Gasteiger partial charge in [0.1, 0.15) is 18.3 Å². The second-order valence-corrected chi connectivity index (χ2v) is 6.26. The second-order valence-electron chi connectivity index (χ2n) is 6.26. The fraction of sp³-hybridized carbons (Fsp3) is 0.588. The average Bonchev–Trinajstić information content (AvgIpc) is 2.64. The van der Waals surface area contributed by atoms with Gasteiger partial charge in [-0.1, -0.05) is 13.3 Å². The third-order valence-electron chi connectivity index (χ3n) is 4.50. The van der Waals surface area contributed by atoms with Crippen molar-refractivity contribution in [1.82, 2.24) is 4.90 Å². The number of aliphatic hydroxyl groups excluding tert-OH is 3. The molecule has 25 heavy (non-hydrogen) atoms. The minimum absolute atomic E-state index is 0.145. The number of ether oxygens (including phenoxy) is 1. The van der Waals surface area contributed by atoms with Crippen LogP contribution in [-0.2, 0) is 14.3 Å². The summed E-state index contributed by atoms with van der Waals surface area (Å²) in [7, 11) is 1.69. The van der Waals surface area contributed by atoms with Gasteiger partial charge in [0.15, 0.2) is 24.8 Å². The van der Waals surface area contributed by atoms with Crippen LogP contribution in [0.5, 0.6) is 0 Å². The van der Waals surface area contributed by atoms with E-state index in [0.717, 1.165) is 24.8 Å². The highest BCUT2D eigenvalue weighted by atomic mass is 16.5. The molecule has 3 N–H and O–H groups in total. The zero-order valence-electron chi connectivity index (χ0n) is 14.3. The van der Waals surface area contributed by atoms with Crippen LogP contribution >= 0.6 is 0 Å². The lowest BCUT2D eigenvalue weighted by atomic mass is 9.98. The van der Waals surface area contributed by atoms with Gasteiger partial charge in [-0.15, -0.1) is 0 Å². The number of aliphatic hydroxyl groups is 3. The van der Waals surface area contributed by atoms with Gasteiger partial charge in [0.25, 0.3) is 6.23 Å². The molecule has 8 heteroatoms. The Hall–Kier alpha value is -1.87. The predicted molar refractivity (Wildman–Crippen MR) is 86.1 cm³/mol. The molecule has 0 aromatic carbocycles. The Balaban J connectivity index is 2.33. The molecule has 1 fully saturated rings. The minimum Gasteiger partial charge on any atom is -0.387 e. The second kappa shape index (κ2) is 8.48. The van der Waals surface area contributed by atoms with Crippen LogP contribution in [-0.4, -0.2) is 64.4 Å². The van der Waals surface area contributed by atoms with Crippen molar-refractivity contribution in [2.75, 3.05) is 7.05 Å². The highest BCUT2D eigenvalue weighted by Gasteiger charge is 2.48. The first kappa shape index (κ1) is 19.5. The number of hydrogen-bond acceptors (Lipinski definition) is 6. The predicted octanol–water partition coefficient (Wildman–Crippen LogP) is -0.917. The van der Waals surface area contributed by atoms with Crippen LogP contribution in [0.3, 0.4) is 0 Å². The normalized spacial score (nSPS) is 30.5. The van der Waals surface area contributed by atoms with Gasteiger partial charge in [0.2, 0.25) is 6.41 Å². The molecule has 138 valence electrons.